The normalized spacial score (nSPS) is 11.6. The molecule has 8 heteroatoms. The Kier molecular flexibility index (Phi) is 6.18. The van der Waals surface area contributed by atoms with Gasteiger partial charge in [-0.05, 0) is 31.4 Å². The van der Waals surface area contributed by atoms with Crippen LogP contribution in [0.3, 0.4) is 0 Å². The molecule has 0 bridgehead atoms. The van der Waals surface area contributed by atoms with Crippen molar-refractivity contribution in [1.29, 1.82) is 0 Å². The van der Waals surface area contributed by atoms with E-state index in [1.165, 1.54) is 7.11 Å². The second-order valence-corrected chi connectivity index (χ2v) is 5.98. The van der Waals surface area contributed by atoms with Gasteiger partial charge in [-0.25, -0.2) is 17.5 Å². The summed E-state index contributed by atoms with van der Waals surface area (Å²) in [6, 6.07) is 2.02. The third-order valence-electron chi connectivity index (χ3n) is 2.69. The van der Waals surface area contributed by atoms with Gasteiger partial charge in [0.2, 0.25) is 10.0 Å². The minimum atomic E-state index is -3.81. The Morgan fingerprint density at radius 3 is 2.60 bits per heavy atom. The molecule has 0 fully saturated rings. The van der Waals surface area contributed by atoms with Gasteiger partial charge in [-0.2, -0.15) is 0 Å². The van der Waals surface area contributed by atoms with Gasteiger partial charge in [0.05, 0.1) is 17.7 Å². The fourth-order valence-electron chi connectivity index (χ4n) is 1.66. The maximum absolute atomic E-state index is 13.6. The molecule has 114 valence electrons. The standard InChI is InChI=1S/C12H19FN2O4S/c1-19-12-10(13)7-9(8-11(12)14)20(17,18)15-5-3-2-4-6-16/h7-8,15-16H,2-6,14H2,1H3. The second kappa shape index (κ2) is 7.41. The maximum Gasteiger partial charge on any atom is 0.240 e. The molecular formula is C12H19FN2O4S. The number of rotatable bonds is 8. The van der Waals surface area contributed by atoms with Gasteiger partial charge in [0.15, 0.2) is 11.6 Å². The molecule has 0 aromatic heterocycles. The molecule has 1 aromatic rings. The number of aliphatic hydroxyl groups excluding tert-OH is 1. The molecule has 4 N–H and O–H groups in total. The Bertz CT molecular complexity index is 525. The number of nitrogens with one attached hydrogen (secondary N) is 1. The lowest BCUT2D eigenvalue weighted by Gasteiger charge is -2.10. The fraction of sp³-hybridized carbons (Fsp3) is 0.500. The lowest BCUT2D eigenvalue weighted by molar-refractivity contribution is 0.283. The highest BCUT2D eigenvalue weighted by Crippen LogP contribution is 2.28. The third kappa shape index (κ3) is 4.32. The topological polar surface area (TPSA) is 102 Å². The lowest BCUT2D eigenvalue weighted by Crippen LogP contribution is -2.25. The summed E-state index contributed by atoms with van der Waals surface area (Å²) in [6.07, 6.45) is 1.91. The van der Waals surface area contributed by atoms with Gasteiger partial charge in [0, 0.05) is 13.2 Å². The first-order valence-electron chi connectivity index (χ1n) is 6.16. The van der Waals surface area contributed by atoms with E-state index in [1.54, 1.807) is 0 Å². The van der Waals surface area contributed by atoms with Crippen LogP contribution in [-0.2, 0) is 10.0 Å². The summed E-state index contributed by atoms with van der Waals surface area (Å²) >= 11 is 0. The number of methoxy groups -OCH3 is 1. The van der Waals surface area contributed by atoms with Crippen molar-refractivity contribution >= 4 is 15.7 Å². The summed E-state index contributed by atoms with van der Waals surface area (Å²) in [5.74, 6) is -1.000. The highest BCUT2D eigenvalue weighted by molar-refractivity contribution is 7.89. The van der Waals surface area contributed by atoms with E-state index in [2.05, 4.69) is 4.72 Å². The van der Waals surface area contributed by atoms with Crippen molar-refractivity contribution in [3.63, 3.8) is 0 Å². The molecule has 0 aliphatic heterocycles. The number of halogens is 1. The molecule has 20 heavy (non-hydrogen) atoms. The first-order valence-corrected chi connectivity index (χ1v) is 7.64. The maximum atomic E-state index is 13.6. The quantitative estimate of drug-likeness (QED) is 0.488. The number of sulfonamides is 1. The molecule has 0 unspecified atom stereocenters. The molecular weight excluding hydrogens is 287 g/mol. The number of nitrogen functional groups attached to an aromatic ring is 1. The number of aliphatic hydroxyl groups is 1. The van der Waals surface area contributed by atoms with Crippen LogP contribution in [0.25, 0.3) is 0 Å². The van der Waals surface area contributed by atoms with Crippen LogP contribution in [0.5, 0.6) is 5.75 Å². The Balaban J connectivity index is 2.78. The summed E-state index contributed by atoms with van der Waals surface area (Å²) in [6.45, 7) is 0.295. The average Bonchev–Trinajstić information content (AvgIpc) is 2.38. The van der Waals surface area contributed by atoms with E-state index in [-0.39, 0.29) is 29.5 Å². The largest absolute Gasteiger partial charge is 0.492 e. The van der Waals surface area contributed by atoms with Gasteiger partial charge in [-0.3, -0.25) is 0 Å². The summed E-state index contributed by atoms with van der Waals surface area (Å²) < 4.78 is 44.6. The van der Waals surface area contributed by atoms with E-state index in [1.807, 2.05) is 0 Å². The van der Waals surface area contributed by atoms with Crippen LogP contribution >= 0.6 is 0 Å². The lowest BCUT2D eigenvalue weighted by atomic mass is 10.2. The fourth-order valence-corrected chi connectivity index (χ4v) is 2.78. The number of hydrogen-bond acceptors (Lipinski definition) is 5. The van der Waals surface area contributed by atoms with Crippen LogP contribution < -0.4 is 15.2 Å². The van der Waals surface area contributed by atoms with Crippen molar-refractivity contribution in [2.45, 2.75) is 24.2 Å². The SMILES string of the molecule is COc1c(N)cc(S(=O)(=O)NCCCCCO)cc1F. The number of ether oxygens (including phenoxy) is 1. The van der Waals surface area contributed by atoms with E-state index in [0.29, 0.717) is 19.3 Å². The van der Waals surface area contributed by atoms with Crippen molar-refractivity contribution in [2.75, 3.05) is 26.0 Å². The van der Waals surface area contributed by atoms with Crippen LogP contribution in [-0.4, -0.2) is 33.8 Å². The Labute approximate surface area is 117 Å². The molecule has 1 aromatic carbocycles. The zero-order chi connectivity index (χ0) is 15.2. The first kappa shape index (κ1) is 16.7. The highest BCUT2D eigenvalue weighted by Gasteiger charge is 2.18. The van der Waals surface area contributed by atoms with Crippen LogP contribution in [0.1, 0.15) is 19.3 Å². The molecule has 0 amide bonds. The number of anilines is 1. The monoisotopic (exact) mass is 306 g/mol. The first-order chi connectivity index (χ1) is 9.42. The Hall–Kier alpha value is -1.38. The Morgan fingerprint density at radius 2 is 2.05 bits per heavy atom. The van der Waals surface area contributed by atoms with Crippen LogP contribution in [0.2, 0.25) is 0 Å². The zero-order valence-corrected chi connectivity index (χ0v) is 12.0. The van der Waals surface area contributed by atoms with Gasteiger partial charge in [-0.1, -0.05) is 0 Å². The van der Waals surface area contributed by atoms with Gasteiger partial charge in [0.25, 0.3) is 0 Å². The van der Waals surface area contributed by atoms with Crippen LogP contribution in [0.15, 0.2) is 17.0 Å². The van der Waals surface area contributed by atoms with Crippen LogP contribution in [0.4, 0.5) is 10.1 Å². The summed E-state index contributed by atoms with van der Waals surface area (Å²) in [5.41, 5.74) is 5.46. The highest BCUT2D eigenvalue weighted by atomic mass is 32.2. The Morgan fingerprint density at radius 1 is 1.35 bits per heavy atom. The van der Waals surface area contributed by atoms with Gasteiger partial charge < -0.3 is 15.6 Å². The molecule has 1 rings (SSSR count). The molecule has 0 atom stereocenters. The predicted molar refractivity (Wildman–Crippen MR) is 73.5 cm³/mol. The summed E-state index contributed by atoms with van der Waals surface area (Å²) in [7, 11) is -2.55. The summed E-state index contributed by atoms with van der Waals surface area (Å²) in [4.78, 5) is -0.240. The predicted octanol–water partition coefficient (Wildman–Crippen LogP) is 0.857. The number of nitrogens with two attached hydrogens (primary N) is 1. The molecule has 0 aliphatic carbocycles. The minimum absolute atomic E-state index is 0.0758. The molecule has 0 saturated carbocycles. The smallest absolute Gasteiger partial charge is 0.240 e. The number of hydrogen-bond donors (Lipinski definition) is 3. The van der Waals surface area contributed by atoms with Crippen molar-refractivity contribution in [1.82, 2.24) is 4.72 Å². The van der Waals surface area contributed by atoms with Crippen molar-refractivity contribution in [3.8, 4) is 5.75 Å². The van der Waals surface area contributed by atoms with E-state index < -0.39 is 15.8 Å². The molecule has 0 spiro atoms. The molecule has 6 nitrogen and oxygen atoms in total. The van der Waals surface area contributed by atoms with Gasteiger partial charge in [0.1, 0.15) is 0 Å². The van der Waals surface area contributed by atoms with Gasteiger partial charge in [-0.15, -0.1) is 0 Å². The number of unbranched alkanes of at least 4 members (excludes halogenated alkanes) is 2. The van der Waals surface area contributed by atoms with E-state index >= 15 is 0 Å². The number of benzene rings is 1. The molecule has 0 radical (unpaired) electrons. The average molecular weight is 306 g/mol. The minimum Gasteiger partial charge on any atom is -0.492 e. The van der Waals surface area contributed by atoms with Crippen LogP contribution in [0, 0.1) is 5.82 Å². The second-order valence-electron chi connectivity index (χ2n) is 4.21. The zero-order valence-electron chi connectivity index (χ0n) is 11.2. The van der Waals surface area contributed by atoms with Gasteiger partial charge >= 0.3 is 0 Å². The van der Waals surface area contributed by atoms with E-state index in [0.717, 1.165) is 12.1 Å². The van der Waals surface area contributed by atoms with Crippen molar-refractivity contribution in [3.05, 3.63) is 17.9 Å². The summed E-state index contributed by atoms with van der Waals surface area (Å²) in [5, 5.41) is 8.61. The van der Waals surface area contributed by atoms with Crippen molar-refractivity contribution < 1.29 is 22.7 Å². The third-order valence-corrected chi connectivity index (χ3v) is 4.13. The molecule has 0 saturated heterocycles. The van der Waals surface area contributed by atoms with Crippen molar-refractivity contribution in [2.24, 2.45) is 0 Å². The van der Waals surface area contributed by atoms with E-state index in [9.17, 15) is 12.8 Å². The molecule has 0 heterocycles. The molecule has 0 aliphatic rings. The van der Waals surface area contributed by atoms with E-state index in [4.69, 9.17) is 15.6 Å².